The molecule has 2 atom stereocenters. The van der Waals surface area contributed by atoms with Gasteiger partial charge in [-0.1, -0.05) is 122 Å². The van der Waals surface area contributed by atoms with Crippen LogP contribution in [0.15, 0.2) is 24.3 Å². The van der Waals surface area contributed by atoms with Crippen molar-refractivity contribution in [1.82, 2.24) is 0 Å². The zero-order valence-electron chi connectivity index (χ0n) is 29.8. The van der Waals surface area contributed by atoms with Crippen molar-refractivity contribution < 1.29 is 37.3 Å². The lowest BCUT2D eigenvalue weighted by Gasteiger charge is -2.28. The predicted molar refractivity (Wildman–Crippen MR) is 185 cm³/mol. The van der Waals surface area contributed by atoms with Crippen LogP contribution in [-0.4, -0.2) is 70.7 Å². The number of phosphoric ester groups is 1. The van der Waals surface area contributed by atoms with Gasteiger partial charge in [0.15, 0.2) is 0 Å². The molecule has 45 heavy (non-hydrogen) atoms. The minimum Gasteiger partial charge on any atom is -0.756 e. The summed E-state index contributed by atoms with van der Waals surface area (Å²) in [6.07, 6.45) is 30.5. The summed E-state index contributed by atoms with van der Waals surface area (Å²) < 4.78 is 34.3. The highest BCUT2D eigenvalue weighted by Crippen LogP contribution is 2.38. The largest absolute Gasteiger partial charge is 0.756 e. The number of unbranched alkanes of at least 4 members (excludes halogenated alkanes) is 15. The Morgan fingerprint density at radius 3 is 1.87 bits per heavy atom. The van der Waals surface area contributed by atoms with Crippen molar-refractivity contribution in [3.63, 3.8) is 0 Å². The van der Waals surface area contributed by atoms with Gasteiger partial charge < -0.3 is 27.9 Å². The first-order valence-electron chi connectivity index (χ1n) is 18.1. The molecule has 0 fully saturated rings. The molecule has 266 valence electrons. The third kappa shape index (κ3) is 34.1. The molecule has 0 aromatic heterocycles. The molecule has 0 saturated carbocycles. The van der Waals surface area contributed by atoms with Crippen molar-refractivity contribution >= 4 is 13.8 Å². The minimum atomic E-state index is -4.51. The molecule has 0 amide bonds. The number of nitrogens with zero attached hydrogens (tertiary/aromatic N) is 1. The van der Waals surface area contributed by atoms with Crippen LogP contribution in [0.5, 0.6) is 0 Å². The second-order valence-corrected chi connectivity index (χ2v) is 14.6. The van der Waals surface area contributed by atoms with E-state index in [9.17, 15) is 14.3 Å². The Bertz CT molecular complexity index is 782. The number of phosphoric acid groups is 1. The monoisotopic (exact) mass is 659 g/mol. The van der Waals surface area contributed by atoms with Crippen molar-refractivity contribution in [2.45, 2.75) is 148 Å². The van der Waals surface area contributed by atoms with Crippen molar-refractivity contribution in [2.75, 3.05) is 54.1 Å². The van der Waals surface area contributed by atoms with Crippen molar-refractivity contribution in [2.24, 2.45) is 0 Å². The van der Waals surface area contributed by atoms with Gasteiger partial charge in [0.2, 0.25) is 0 Å². The van der Waals surface area contributed by atoms with Crippen LogP contribution in [0, 0.1) is 0 Å². The molecule has 0 radical (unpaired) electrons. The zero-order valence-corrected chi connectivity index (χ0v) is 30.7. The van der Waals surface area contributed by atoms with Crippen LogP contribution in [-0.2, 0) is 27.9 Å². The first-order valence-corrected chi connectivity index (χ1v) is 19.5. The molecule has 0 aliphatic rings. The SMILES string of the molecule is CCCC/C=C\C/C=C\CCCCCCCCOCC(COP(=O)([O-])OCC[N+](C)(C)C)OC(=O)CCCCCCCCCC. The summed E-state index contributed by atoms with van der Waals surface area (Å²) in [6, 6.07) is 0. The van der Waals surface area contributed by atoms with E-state index in [0.29, 0.717) is 24.1 Å². The van der Waals surface area contributed by atoms with E-state index in [1.165, 1.54) is 70.6 Å². The van der Waals surface area contributed by atoms with E-state index in [0.717, 1.165) is 51.4 Å². The molecule has 0 spiro atoms. The highest BCUT2D eigenvalue weighted by Gasteiger charge is 2.20. The molecule has 0 aliphatic heterocycles. The summed E-state index contributed by atoms with van der Waals surface area (Å²) in [5, 5.41) is 0. The number of quaternary nitrogens is 1. The van der Waals surface area contributed by atoms with Gasteiger partial charge in [-0.3, -0.25) is 9.36 Å². The summed E-state index contributed by atoms with van der Waals surface area (Å²) in [5.74, 6) is -0.344. The lowest BCUT2D eigenvalue weighted by Crippen LogP contribution is -2.37. The average Bonchev–Trinajstić information content (AvgIpc) is 2.98. The fourth-order valence-electron chi connectivity index (χ4n) is 4.62. The fourth-order valence-corrected chi connectivity index (χ4v) is 5.35. The summed E-state index contributed by atoms with van der Waals surface area (Å²) in [7, 11) is 1.35. The smallest absolute Gasteiger partial charge is 0.306 e. The molecule has 0 rings (SSSR count). The predicted octanol–water partition coefficient (Wildman–Crippen LogP) is 9.08. The number of ether oxygens (including phenoxy) is 2. The van der Waals surface area contributed by atoms with E-state index in [1.54, 1.807) is 0 Å². The maximum Gasteiger partial charge on any atom is 0.306 e. The molecule has 0 aromatic rings. The fraction of sp³-hybridized carbons (Fsp3) is 0.861. The topological polar surface area (TPSA) is 94.1 Å². The number of esters is 1. The minimum absolute atomic E-state index is 0.0250. The normalized spacial score (nSPS) is 14.4. The summed E-state index contributed by atoms with van der Waals surface area (Å²) in [6.45, 7) is 5.30. The number of hydrogen-bond donors (Lipinski definition) is 0. The summed E-state index contributed by atoms with van der Waals surface area (Å²) in [5.41, 5.74) is 0. The molecule has 0 aliphatic carbocycles. The van der Waals surface area contributed by atoms with Gasteiger partial charge in [0, 0.05) is 13.0 Å². The second kappa shape index (κ2) is 30.3. The Hall–Kier alpha value is -1.02. The quantitative estimate of drug-likeness (QED) is 0.0228. The Morgan fingerprint density at radius 2 is 1.24 bits per heavy atom. The molecule has 9 heteroatoms. The van der Waals surface area contributed by atoms with Crippen LogP contribution in [0.4, 0.5) is 0 Å². The van der Waals surface area contributed by atoms with Crippen molar-refractivity contribution in [3.8, 4) is 0 Å². The molecular weight excluding hydrogens is 589 g/mol. The van der Waals surface area contributed by atoms with E-state index in [-0.39, 0.29) is 25.8 Å². The van der Waals surface area contributed by atoms with Crippen molar-refractivity contribution in [1.29, 1.82) is 0 Å². The van der Waals surface area contributed by atoms with Crippen LogP contribution in [0.3, 0.4) is 0 Å². The standard InChI is InChI=1S/C36H70NO7P/c1-6-8-10-12-14-16-17-18-19-20-21-22-24-26-28-31-41-33-35(34-43-45(39,40)42-32-30-37(3,4)5)44-36(38)29-27-25-23-15-13-11-9-7-2/h12,14,17-18,35H,6-11,13,15-16,19-34H2,1-5H3/b14-12-,18-17-. The van der Waals surface area contributed by atoms with Crippen LogP contribution in [0.1, 0.15) is 142 Å². The maximum absolute atomic E-state index is 12.5. The molecule has 2 unspecified atom stereocenters. The Labute approximate surface area is 277 Å². The molecule has 0 bridgehead atoms. The number of carbonyl (C=O) groups is 1. The van der Waals surface area contributed by atoms with E-state index in [1.807, 2.05) is 21.1 Å². The Kier molecular flexibility index (Phi) is 29.6. The average molecular weight is 660 g/mol. The van der Waals surface area contributed by atoms with Gasteiger partial charge in [-0.15, -0.1) is 0 Å². The van der Waals surface area contributed by atoms with Gasteiger partial charge in [-0.2, -0.15) is 0 Å². The Morgan fingerprint density at radius 1 is 0.689 bits per heavy atom. The van der Waals surface area contributed by atoms with Gasteiger partial charge in [-0.25, -0.2) is 0 Å². The van der Waals surface area contributed by atoms with Gasteiger partial charge in [0.1, 0.15) is 19.3 Å². The highest BCUT2D eigenvalue weighted by molar-refractivity contribution is 7.45. The number of carbonyl (C=O) groups excluding carboxylic acids is 1. The molecule has 0 heterocycles. The first kappa shape index (κ1) is 44.0. The number of allylic oxidation sites excluding steroid dienone is 4. The van der Waals surface area contributed by atoms with E-state index in [2.05, 4.69) is 38.2 Å². The maximum atomic E-state index is 12.5. The van der Waals surface area contributed by atoms with Gasteiger partial charge in [0.05, 0.1) is 34.4 Å². The first-order chi connectivity index (χ1) is 21.6. The third-order valence-corrected chi connectivity index (χ3v) is 8.47. The van der Waals surface area contributed by atoms with Gasteiger partial charge in [-0.05, 0) is 38.5 Å². The summed E-state index contributed by atoms with van der Waals surface area (Å²) >= 11 is 0. The van der Waals surface area contributed by atoms with E-state index >= 15 is 0 Å². The van der Waals surface area contributed by atoms with Gasteiger partial charge >= 0.3 is 5.97 Å². The van der Waals surface area contributed by atoms with Gasteiger partial charge in [0.25, 0.3) is 7.82 Å². The molecule has 0 aromatic carbocycles. The number of likely N-dealkylation sites (N-methyl/N-ethyl adjacent to an activating group) is 1. The van der Waals surface area contributed by atoms with Crippen LogP contribution in [0.25, 0.3) is 0 Å². The van der Waals surface area contributed by atoms with E-state index < -0.39 is 13.9 Å². The molecule has 8 nitrogen and oxygen atoms in total. The summed E-state index contributed by atoms with van der Waals surface area (Å²) in [4.78, 5) is 24.8. The highest BCUT2D eigenvalue weighted by atomic mass is 31.2. The van der Waals surface area contributed by atoms with Crippen LogP contribution in [0.2, 0.25) is 0 Å². The van der Waals surface area contributed by atoms with Crippen molar-refractivity contribution in [3.05, 3.63) is 24.3 Å². The number of hydrogen-bond acceptors (Lipinski definition) is 7. The Balaban J connectivity index is 4.29. The molecule has 0 N–H and O–H groups in total. The zero-order chi connectivity index (χ0) is 33.5. The number of rotatable bonds is 33. The third-order valence-electron chi connectivity index (χ3n) is 7.51. The second-order valence-electron chi connectivity index (χ2n) is 13.2. The molecule has 0 saturated heterocycles. The lowest BCUT2D eigenvalue weighted by atomic mass is 10.1. The van der Waals surface area contributed by atoms with Crippen LogP contribution < -0.4 is 4.89 Å². The lowest BCUT2D eigenvalue weighted by molar-refractivity contribution is -0.870. The van der Waals surface area contributed by atoms with E-state index in [4.69, 9.17) is 18.5 Å². The molecular formula is C36H70NO7P. The van der Waals surface area contributed by atoms with Crippen LogP contribution >= 0.6 is 7.82 Å².